The zero-order valence-corrected chi connectivity index (χ0v) is 10.2. The Morgan fingerprint density at radius 2 is 1.75 bits per heavy atom. The molecule has 0 bridgehead atoms. The third kappa shape index (κ3) is 5.55. The van der Waals surface area contributed by atoms with E-state index in [1.54, 1.807) is 5.32 Å². The highest BCUT2D eigenvalue weighted by Crippen LogP contribution is 2.33. The molecule has 10 heteroatoms. The van der Waals surface area contributed by atoms with Crippen molar-refractivity contribution in [2.75, 3.05) is 11.9 Å². The van der Waals surface area contributed by atoms with Crippen LogP contribution in [0.1, 0.15) is 5.56 Å². The quantitative estimate of drug-likeness (QED) is 0.816. The largest absolute Gasteiger partial charge is 0.440 e. The van der Waals surface area contributed by atoms with Gasteiger partial charge in [-0.3, -0.25) is 5.32 Å². The van der Waals surface area contributed by atoms with Crippen LogP contribution in [0.2, 0.25) is 5.02 Å². The molecule has 1 N–H and O–H groups in total. The van der Waals surface area contributed by atoms with Gasteiger partial charge in [0, 0.05) is 10.7 Å². The predicted octanol–water partition coefficient (Wildman–Crippen LogP) is 4.47. The lowest BCUT2D eigenvalue weighted by Crippen LogP contribution is -2.23. The molecular formula is C10H6ClF6NO2. The Labute approximate surface area is 113 Å². The number of halogens is 7. The van der Waals surface area contributed by atoms with Gasteiger partial charge in [0.1, 0.15) is 0 Å². The van der Waals surface area contributed by atoms with Crippen molar-refractivity contribution in [3.05, 3.63) is 28.8 Å². The van der Waals surface area contributed by atoms with Crippen LogP contribution < -0.4 is 5.32 Å². The van der Waals surface area contributed by atoms with Gasteiger partial charge in [-0.2, -0.15) is 26.3 Å². The first-order valence-corrected chi connectivity index (χ1v) is 5.23. The van der Waals surface area contributed by atoms with Crippen LogP contribution in [0.15, 0.2) is 18.2 Å². The number of rotatable bonds is 2. The lowest BCUT2D eigenvalue weighted by molar-refractivity contribution is -0.159. The molecule has 0 saturated heterocycles. The van der Waals surface area contributed by atoms with Crippen molar-refractivity contribution in [3.8, 4) is 0 Å². The first-order chi connectivity index (χ1) is 8.97. The molecule has 1 aromatic rings. The number of hydrogen-bond donors (Lipinski definition) is 1. The summed E-state index contributed by atoms with van der Waals surface area (Å²) in [5, 5.41) is 1.38. The van der Waals surface area contributed by atoms with Crippen molar-refractivity contribution in [2.24, 2.45) is 0 Å². The molecule has 0 spiro atoms. The number of alkyl halides is 6. The second-order valence-corrected chi connectivity index (χ2v) is 3.98. The van der Waals surface area contributed by atoms with E-state index in [1.807, 2.05) is 0 Å². The van der Waals surface area contributed by atoms with Gasteiger partial charge in [0.05, 0.1) is 5.56 Å². The average molecular weight is 322 g/mol. The highest BCUT2D eigenvalue weighted by molar-refractivity contribution is 6.31. The van der Waals surface area contributed by atoms with Gasteiger partial charge in [0.2, 0.25) is 0 Å². The number of hydrogen-bond acceptors (Lipinski definition) is 2. The maximum absolute atomic E-state index is 12.4. The van der Waals surface area contributed by atoms with Crippen molar-refractivity contribution < 1.29 is 35.9 Å². The van der Waals surface area contributed by atoms with Crippen molar-refractivity contribution in [1.29, 1.82) is 0 Å². The summed E-state index contributed by atoms with van der Waals surface area (Å²) in [6.07, 6.45) is -11.0. The van der Waals surface area contributed by atoms with Gasteiger partial charge in [0.15, 0.2) is 6.61 Å². The highest BCUT2D eigenvalue weighted by atomic mass is 35.5. The molecule has 0 atom stereocenters. The predicted molar refractivity (Wildman–Crippen MR) is 57.5 cm³/mol. The van der Waals surface area contributed by atoms with Crippen molar-refractivity contribution in [1.82, 2.24) is 0 Å². The zero-order chi connectivity index (χ0) is 15.6. The topological polar surface area (TPSA) is 38.3 Å². The van der Waals surface area contributed by atoms with Crippen LogP contribution in [0.5, 0.6) is 0 Å². The van der Waals surface area contributed by atoms with E-state index >= 15 is 0 Å². The minimum atomic E-state index is -4.73. The molecular weight excluding hydrogens is 316 g/mol. The van der Waals surface area contributed by atoms with E-state index < -0.39 is 36.3 Å². The lowest BCUT2D eigenvalue weighted by atomic mass is 10.2. The molecule has 0 saturated carbocycles. The summed E-state index contributed by atoms with van der Waals surface area (Å²) in [5.74, 6) is 0. The van der Waals surface area contributed by atoms with Crippen LogP contribution >= 0.6 is 11.6 Å². The monoisotopic (exact) mass is 321 g/mol. The summed E-state index contributed by atoms with van der Waals surface area (Å²) in [5.41, 5.74) is -1.59. The second-order valence-electron chi connectivity index (χ2n) is 3.54. The summed E-state index contributed by atoms with van der Waals surface area (Å²) >= 11 is 5.42. The van der Waals surface area contributed by atoms with Crippen LogP contribution in [-0.2, 0) is 10.9 Å². The molecule has 0 aliphatic carbocycles. The fourth-order valence-corrected chi connectivity index (χ4v) is 1.36. The summed E-state index contributed by atoms with van der Waals surface area (Å²) in [6.45, 7) is -1.86. The first-order valence-electron chi connectivity index (χ1n) is 4.86. The maximum atomic E-state index is 12.4. The van der Waals surface area contributed by atoms with Crippen LogP contribution in [0, 0.1) is 0 Å². The number of ether oxygens (including phenoxy) is 1. The Morgan fingerprint density at radius 3 is 2.25 bits per heavy atom. The SMILES string of the molecule is O=C(Nc1cc(Cl)cc(C(F)(F)F)c1)OCC(F)(F)F. The van der Waals surface area contributed by atoms with Crippen LogP contribution in [0.4, 0.5) is 36.8 Å². The smallest absolute Gasteiger partial charge is 0.422 e. The van der Waals surface area contributed by atoms with E-state index in [1.165, 1.54) is 0 Å². The molecule has 0 aliphatic heterocycles. The molecule has 3 nitrogen and oxygen atoms in total. The number of amides is 1. The number of nitrogens with one attached hydrogen (secondary N) is 1. The molecule has 20 heavy (non-hydrogen) atoms. The summed E-state index contributed by atoms with van der Waals surface area (Å²) in [7, 11) is 0. The second kappa shape index (κ2) is 5.78. The Bertz CT molecular complexity index is 500. The van der Waals surface area contributed by atoms with Gasteiger partial charge < -0.3 is 4.74 Å². The molecule has 0 fully saturated rings. The third-order valence-electron chi connectivity index (χ3n) is 1.84. The van der Waals surface area contributed by atoms with E-state index in [0.717, 1.165) is 6.07 Å². The molecule has 112 valence electrons. The summed E-state index contributed by atoms with van der Waals surface area (Å²) in [6, 6.07) is 2.06. The molecule has 1 amide bonds. The highest BCUT2D eigenvalue weighted by Gasteiger charge is 2.32. The standard InChI is InChI=1S/C10H6ClF6NO2/c11-6-1-5(10(15,16)17)2-7(3-6)18-8(19)20-4-9(12,13)14/h1-3H,4H2,(H,18,19). The number of carbonyl (C=O) groups excluding carboxylic acids is 1. The number of carbonyl (C=O) groups is 1. The van der Waals surface area contributed by atoms with Gasteiger partial charge in [-0.05, 0) is 18.2 Å². The van der Waals surface area contributed by atoms with E-state index in [2.05, 4.69) is 4.74 Å². The normalized spacial score (nSPS) is 12.2. The molecule has 0 aliphatic rings. The molecule has 0 aromatic heterocycles. The summed E-state index contributed by atoms with van der Waals surface area (Å²) in [4.78, 5) is 11.0. The minimum absolute atomic E-state index is 0.342. The van der Waals surface area contributed by atoms with Crippen molar-refractivity contribution in [3.63, 3.8) is 0 Å². The Kier molecular flexibility index (Phi) is 4.74. The fourth-order valence-electron chi connectivity index (χ4n) is 1.13. The minimum Gasteiger partial charge on any atom is -0.440 e. The van der Waals surface area contributed by atoms with Gasteiger partial charge >= 0.3 is 18.4 Å². The number of anilines is 1. The molecule has 0 heterocycles. The summed E-state index contributed by atoms with van der Waals surface area (Å²) < 4.78 is 76.4. The van der Waals surface area contributed by atoms with Gasteiger partial charge in [-0.25, -0.2) is 4.79 Å². The Morgan fingerprint density at radius 1 is 1.15 bits per heavy atom. The zero-order valence-electron chi connectivity index (χ0n) is 9.40. The van der Waals surface area contributed by atoms with Crippen LogP contribution in [0.3, 0.4) is 0 Å². The lowest BCUT2D eigenvalue weighted by Gasteiger charge is -2.12. The van der Waals surface area contributed by atoms with E-state index in [0.29, 0.717) is 12.1 Å². The van der Waals surface area contributed by atoms with Crippen LogP contribution in [-0.4, -0.2) is 18.9 Å². The van der Waals surface area contributed by atoms with Gasteiger partial charge in [-0.1, -0.05) is 11.6 Å². The van der Waals surface area contributed by atoms with Crippen molar-refractivity contribution in [2.45, 2.75) is 12.4 Å². The van der Waals surface area contributed by atoms with E-state index in [-0.39, 0.29) is 5.02 Å². The Hall–Kier alpha value is -1.64. The van der Waals surface area contributed by atoms with Crippen LogP contribution in [0.25, 0.3) is 0 Å². The van der Waals surface area contributed by atoms with E-state index in [4.69, 9.17) is 11.6 Å². The van der Waals surface area contributed by atoms with Gasteiger partial charge in [0.25, 0.3) is 0 Å². The number of benzene rings is 1. The average Bonchev–Trinajstić information content (AvgIpc) is 2.23. The first kappa shape index (κ1) is 16.4. The molecule has 1 rings (SSSR count). The molecule has 1 aromatic carbocycles. The van der Waals surface area contributed by atoms with Crippen molar-refractivity contribution >= 4 is 23.4 Å². The maximum Gasteiger partial charge on any atom is 0.422 e. The molecule has 0 unspecified atom stereocenters. The Balaban J connectivity index is 2.78. The van der Waals surface area contributed by atoms with E-state index in [9.17, 15) is 31.1 Å². The third-order valence-corrected chi connectivity index (χ3v) is 2.06. The molecule has 0 radical (unpaired) electrons. The fraction of sp³-hybridized carbons (Fsp3) is 0.300. The van der Waals surface area contributed by atoms with Gasteiger partial charge in [-0.15, -0.1) is 0 Å².